The fourth-order valence-corrected chi connectivity index (χ4v) is 3.71. The van der Waals surface area contributed by atoms with Crippen molar-refractivity contribution in [3.8, 4) is 0 Å². The Morgan fingerprint density at radius 1 is 1.04 bits per heavy atom. The molecule has 1 N–H and O–H groups in total. The molecule has 24 heavy (non-hydrogen) atoms. The lowest BCUT2D eigenvalue weighted by molar-refractivity contribution is -0.132. The van der Waals surface area contributed by atoms with Crippen molar-refractivity contribution in [1.82, 2.24) is 9.80 Å². The minimum Gasteiger partial charge on any atom is -0.381 e. The summed E-state index contributed by atoms with van der Waals surface area (Å²) in [6.07, 6.45) is 6.95. The van der Waals surface area contributed by atoms with Crippen molar-refractivity contribution >= 4 is 11.6 Å². The minimum absolute atomic E-state index is 0.214. The van der Waals surface area contributed by atoms with E-state index >= 15 is 0 Å². The Hall–Kier alpha value is -1.62. The Morgan fingerprint density at radius 3 is 2.46 bits per heavy atom. The molecule has 2 aliphatic heterocycles. The van der Waals surface area contributed by atoms with Crippen LogP contribution in [0.4, 0.5) is 10.1 Å². The number of halogens is 1. The number of rotatable bonds is 4. The highest BCUT2D eigenvalue weighted by Crippen LogP contribution is 2.17. The number of hydrogen-bond acceptors (Lipinski definition) is 3. The van der Waals surface area contributed by atoms with Crippen LogP contribution in [0.2, 0.25) is 0 Å². The van der Waals surface area contributed by atoms with Crippen LogP contribution in [0.3, 0.4) is 0 Å². The molecule has 0 radical (unpaired) electrons. The van der Waals surface area contributed by atoms with E-state index in [1.165, 1.54) is 25.0 Å². The maximum Gasteiger partial charge on any atom is 0.236 e. The van der Waals surface area contributed by atoms with Gasteiger partial charge in [0, 0.05) is 31.4 Å². The third kappa shape index (κ3) is 4.94. The van der Waals surface area contributed by atoms with E-state index in [0.717, 1.165) is 57.5 Å². The number of anilines is 1. The molecule has 1 aromatic carbocycles. The lowest BCUT2D eigenvalue weighted by Gasteiger charge is -2.34. The maximum absolute atomic E-state index is 13.0. The first kappa shape index (κ1) is 17.2. The van der Waals surface area contributed by atoms with Gasteiger partial charge in [0.1, 0.15) is 5.82 Å². The highest BCUT2D eigenvalue weighted by atomic mass is 19.1. The second kappa shape index (κ2) is 8.47. The molecule has 0 bridgehead atoms. The van der Waals surface area contributed by atoms with E-state index in [9.17, 15) is 9.18 Å². The minimum atomic E-state index is -0.214. The summed E-state index contributed by atoms with van der Waals surface area (Å²) in [5.74, 6) is 0.0631. The zero-order chi connectivity index (χ0) is 16.8. The van der Waals surface area contributed by atoms with Crippen LogP contribution in [-0.2, 0) is 4.79 Å². The summed E-state index contributed by atoms with van der Waals surface area (Å²) >= 11 is 0. The smallest absolute Gasteiger partial charge is 0.236 e. The third-order valence-corrected chi connectivity index (χ3v) is 5.04. The van der Waals surface area contributed by atoms with E-state index in [1.807, 2.05) is 4.90 Å². The third-order valence-electron chi connectivity index (χ3n) is 5.04. The lowest BCUT2D eigenvalue weighted by Crippen LogP contribution is -2.47. The lowest BCUT2D eigenvalue weighted by atomic mass is 10.1. The zero-order valence-corrected chi connectivity index (χ0v) is 14.3. The molecule has 2 saturated heterocycles. The van der Waals surface area contributed by atoms with Gasteiger partial charge >= 0.3 is 0 Å². The first-order valence-corrected chi connectivity index (χ1v) is 9.23. The molecule has 1 aromatic rings. The van der Waals surface area contributed by atoms with Crippen LogP contribution in [-0.4, -0.2) is 54.5 Å². The van der Waals surface area contributed by atoms with Crippen LogP contribution in [0, 0.1) is 5.82 Å². The van der Waals surface area contributed by atoms with Crippen molar-refractivity contribution in [1.29, 1.82) is 0 Å². The van der Waals surface area contributed by atoms with Gasteiger partial charge in [0.25, 0.3) is 0 Å². The number of nitrogens with zero attached hydrogens (tertiary/aromatic N) is 2. The summed E-state index contributed by atoms with van der Waals surface area (Å²) in [4.78, 5) is 16.9. The molecular formula is C19H28FN3O. The van der Waals surface area contributed by atoms with Gasteiger partial charge in [-0.1, -0.05) is 12.8 Å². The van der Waals surface area contributed by atoms with Gasteiger partial charge in [-0.15, -0.1) is 0 Å². The number of amides is 1. The highest BCUT2D eigenvalue weighted by molar-refractivity contribution is 5.78. The van der Waals surface area contributed by atoms with Gasteiger partial charge < -0.3 is 10.2 Å². The van der Waals surface area contributed by atoms with Crippen molar-refractivity contribution in [3.63, 3.8) is 0 Å². The van der Waals surface area contributed by atoms with Gasteiger partial charge in [-0.2, -0.15) is 0 Å². The highest BCUT2D eigenvalue weighted by Gasteiger charge is 2.24. The number of likely N-dealkylation sites (tertiary alicyclic amines) is 2. The molecule has 2 aliphatic rings. The van der Waals surface area contributed by atoms with Gasteiger partial charge in [-0.05, 0) is 56.5 Å². The van der Waals surface area contributed by atoms with Gasteiger partial charge in [-0.25, -0.2) is 4.39 Å². The van der Waals surface area contributed by atoms with Crippen LogP contribution < -0.4 is 5.32 Å². The second-order valence-electron chi connectivity index (χ2n) is 7.02. The number of carbonyl (C=O) groups excluding carboxylic acids is 1. The molecule has 1 atom stereocenters. The van der Waals surface area contributed by atoms with Gasteiger partial charge in [-0.3, -0.25) is 9.69 Å². The first-order valence-electron chi connectivity index (χ1n) is 9.23. The van der Waals surface area contributed by atoms with E-state index < -0.39 is 0 Å². The molecular weight excluding hydrogens is 305 g/mol. The Morgan fingerprint density at radius 2 is 1.75 bits per heavy atom. The fourth-order valence-electron chi connectivity index (χ4n) is 3.71. The molecule has 0 aromatic heterocycles. The molecule has 3 rings (SSSR count). The normalized spacial score (nSPS) is 22.9. The average Bonchev–Trinajstić information content (AvgIpc) is 2.87. The van der Waals surface area contributed by atoms with Crippen molar-refractivity contribution in [2.45, 2.75) is 44.6 Å². The van der Waals surface area contributed by atoms with Crippen molar-refractivity contribution in [2.75, 3.05) is 38.0 Å². The number of nitrogens with one attached hydrogen (secondary N) is 1. The van der Waals surface area contributed by atoms with E-state index in [4.69, 9.17) is 0 Å². The second-order valence-corrected chi connectivity index (χ2v) is 7.02. The van der Waals surface area contributed by atoms with E-state index in [0.29, 0.717) is 12.6 Å². The van der Waals surface area contributed by atoms with E-state index in [2.05, 4.69) is 10.2 Å². The van der Waals surface area contributed by atoms with Crippen molar-refractivity contribution in [3.05, 3.63) is 30.1 Å². The molecule has 4 nitrogen and oxygen atoms in total. The summed E-state index contributed by atoms with van der Waals surface area (Å²) < 4.78 is 13.0. The van der Waals surface area contributed by atoms with Crippen molar-refractivity contribution in [2.24, 2.45) is 0 Å². The predicted molar refractivity (Wildman–Crippen MR) is 94.5 cm³/mol. The van der Waals surface area contributed by atoms with Gasteiger partial charge in [0.15, 0.2) is 0 Å². The molecule has 1 unspecified atom stereocenters. The molecule has 0 saturated carbocycles. The average molecular weight is 333 g/mol. The van der Waals surface area contributed by atoms with E-state index in [-0.39, 0.29) is 11.7 Å². The van der Waals surface area contributed by atoms with Crippen molar-refractivity contribution < 1.29 is 9.18 Å². The topological polar surface area (TPSA) is 35.6 Å². The molecule has 1 amide bonds. The number of piperidine rings is 1. The molecule has 5 heteroatoms. The monoisotopic (exact) mass is 333 g/mol. The summed E-state index contributed by atoms with van der Waals surface area (Å²) in [5.41, 5.74) is 0.946. The number of hydrogen-bond donors (Lipinski definition) is 1. The Balaban J connectivity index is 1.49. The van der Waals surface area contributed by atoms with Gasteiger partial charge in [0.05, 0.1) is 6.54 Å². The largest absolute Gasteiger partial charge is 0.381 e. The van der Waals surface area contributed by atoms with Crippen LogP contribution in [0.25, 0.3) is 0 Å². The number of carbonyl (C=O) groups is 1. The standard InChI is InChI=1S/C19H28FN3O/c20-16-7-9-17(10-8-16)21-18-6-5-11-22(14-18)15-19(24)23-12-3-1-2-4-13-23/h7-10,18,21H,1-6,11-15H2. The summed E-state index contributed by atoms with van der Waals surface area (Å²) in [7, 11) is 0. The molecule has 2 heterocycles. The van der Waals surface area contributed by atoms with Crippen LogP contribution in [0.15, 0.2) is 24.3 Å². The molecule has 0 aliphatic carbocycles. The predicted octanol–water partition coefficient (Wildman–Crippen LogP) is 3.10. The Bertz CT molecular complexity index is 526. The molecule has 132 valence electrons. The quantitative estimate of drug-likeness (QED) is 0.920. The molecule has 2 fully saturated rings. The molecule has 0 spiro atoms. The number of benzene rings is 1. The zero-order valence-electron chi connectivity index (χ0n) is 14.3. The summed E-state index contributed by atoms with van der Waals surface area (Å²) in [6, 6.07) is 6.83. The first-order chi connectivity index (χ1) is 11.7. The Kier molecular flexibility index (Phi) is 6.07. The van der Waals surface area contributed by atoms with Crippen LogP contribution in [0.5, 0.6) is 0 Å². The fraction of sp³-hybridized carbons (Fsp3) is 0.632. The van der Waals surface area contributed by atoms with E-state index in [1.54, 1.807) is 12.1 Å². The van der Waals surface area contributed by atoms with Crippen LogP contribution >= 0.6 is 0 Å². The van der Waals surface area contributed by atoms with Gasteiger partial charge in [0.2, 0.25) is 5.91 Å². The van der Waals surface area contributed by atoms with Crippen LogP contribution in [0.1, 0.15) is 38.5 Å². The summed E-state index contributed by atoms with van der Waals surface area (Å²) in [6.45, 7) is 4.23. The summed E-state index contributed by atoms with van der Waals surface area (Å²) in [5, 5.41) is 3.47. The Labute approximate surface area is 144 Å². The SMILES string of the molecule is O=C(CN1CCCC(Nc2ccc(F)cc2)C1)N1CCCCCC1. The maximum atomic E-state index is 13.0.